The normalized spacial score (nSPS) is 12.2. The zero-order valence-corrected chi connectivity index (χ0v) is 17.7. The number of anilines is 1. The van der Waals surface area contributed by atoms with Crippen molar-refractivity contribution in [3.05, 3.63) is 99.0 Å². The number of halogens is 1. The number of aliphatic hydroxyl groups excluding tert-OH is 1. The van der Waals surface area contributed by atoms with Gasteiger partial charge in [0.25, 0.3) is 0 Å². The smallest absolute Gasteiger partial charge is 0.196 e. The SMILES string of the molecule is Cc1cc([C@@H](C)Nc2ccc(F)cc2CO)c2oc(-c3ccccc3)c(C)c(=O)c2c1. The van der Waals surface area contributed by atoms with Gasteiger partial charge in [-0.25, -0.2) is 4.39 Å². The van der Waals surface area contributed by atoms with Gasteiger partial charge < -0.3 is 14.8 Å². The minimum Gasteiger partial charge on any atom is -0.455 e. The van der Waals surface area contributed by atoms with Crippen LogP contribution in [0.4, 0.5) is 10.1 Å². The minimum absolute atomic E-state index is 0.0601. The molecule has 2 N–H and O–H groups in total. The molecular weight excluding hydrogens is 393 g/mol. The Bertz CT molecular complexity index is 1310. The van der Waals surface area contributed by atoms with E-state index < -0.39 is 5.82 Å². The number of aliphatic hydroxyl groups is 1. The second-order valence-electron chi connectivity index (χ2n) is 7.81. The van der Waals surface area contributed by atoms with E-state index in [1.165, 1.54) is 12.1 Å². The molecule has 0 aliphatic rings. The van der Waals surface area contributed by atoms with Crippen LogP contribution in [0.3, 0.4) is 0 Å². The highest BCUT2D eigenvalue weighted by Crippen LogP contribution is 2.32. The third kappa shape index (κ3) is 3.97. The van der Waals surface area contributed by atoms with E-state index in [9.17, 15) is 14.3 Å². The molecule has 0 saturated heterocycles. The van der Waals surface area contributed by atoms with E-state index in [2.05, 4.69) is 5.32 Å². The maximum absolute atomic E-state index is 13.6. The van der Waals surface area contributed by atoms with Gasteiger partial charge in [-0.3, -0.25) is 4.79 Å². The molecule has 1 atom stereocenters. The maximum atomic E-state index is 13.6. The molecule has 4 nitrogen and oxygen atoms in total. The molecule has 0 fully saturated rings. The highest BCUT2D eigenvalue weighted by Gasteiger charge is 2.19. The van der Waals surface area contributed by atoms with Gasteiger partial charge in [-0.1, -0.05) is 36.4 Å². The lowest BCUT2D eigenvalue weighted by molar-refractivity contribution is 0.282. The molecule has 0 saturated carbocycles. The summed E-state index contributed by atoms with van der Waals surface area (Å²) in [4.78, 5) is 13.2. The van der Waals surface area contributed by atoms with E-state index >= 15 is 0 Å². The molecule has 0 unspecified atom stereocenters. The van der Waals surface area contributed by atoms with Gasteiger partial charge in [-0.05, 0) is 50.6 Å². The molecule has 3 aromatic carbocycles. The number of hydrogen-bond donors (Lipinski definition) is 2. The Hall–Kier alpha value is -3.44. The predicted molar refractivity (Wildman–Crippen MR) is 122 cm³/mol. The summed E-state index contributed by atoms with van der Waals surface area (Å²) in [5, 5.41) is 13.5. The molecule has 0 aliphatic heterocycles. The van der Waals surface area contributed by atoms with Gasteiger partial charge in [0, 0.05) is 27.9 Å². The highest BCUT2D eigenvalue weighted by molar-refractivity contribution is 5.84. The first-order valence-electron chi connectivity index (χ1n) is 10.2. The fourth-order valence-corrected chi connectivity index (χ4v) is 3.90. The molecular formula is C26H24FNO3. The molecule has 0 radical (unpaired) electrons. The third-order valence-electron chi connectivity index (χ3n) is 5.50. The van der Waals surface area contributed by atoms with E-state index in [0.29, 0.717) is 33.5 Å². The van der Waals surface area contributed by atoms with E-state index in [1.807, 2.05) is 56.3 Å². The van der Waals surface area contributed by atoms with Crippen molar-refractivity contribution in [1.82, 2.24) is 0 Å². The minimum atomic E-state index is -0.405. The van der Waals surface area contributed by atoms with Crippen molar-refractivity contribution < 1.29 is 13.9 Å². The van der Waals surface area contributed by atoms with Crippen LogP contribution < -0.4 is 10.7 Å². The lowest BCUT2D eigenvalue weighted by Crippen LogP contribution is -2.13. The maximum Gasteiger partial charge on any atom is 0.196 e. The number of fused-ring (bicyclic) bond motifs is 1. The molecule has 0 amide bonds. The lowest BCUT2D eigenvalue weighted by Gasteiger charge is -2.20. The average molecular weight is 417 g/mol. The first kappa shape index (κ1) is 20.8. The van der Waals surface area contributed by atoms with E-state index in [1.54, 1.807) is 13.0 Å². The summed E-state index contributed by atoms with van der Waals surface area (Å²) >= 11 is 0. The van der Waals surface area contributed by atoms with Crippen LogP contribution in [-0.2, 0) is 6.61 Å². The number of benzene rings is 3. The molecule has 1 heterocycles. The molecule has 0 bridgehead atoms. The Morgan fingerprint density at radius 3 is 2.52 bits per heavy atom. The summed E-state index contributed by atoms with van der Waals surface area (Å²) < 4.78 is 19.9. The van der Waals surface area contributed by atoms with Crippen molar-refractivity contribution in [2.75, 3.05) is 5.32 Å². The van der Waals surface area contributed by atoms with Crippen molar-refractivity contribution in [2.45, 2.75) is 33.4 Å². The molecule has 4 rings (SSSR count). The number of aryl methyl sites for hydroxylation is 1. The molecule has 31 heavy (non-hydrogen) atoms. The molecule has 1 aromatic heterocycles. The van der Waals surface area contributed by atoms with Gasteiger partial charge in [0.2, 0.25) is 0 Å². The Kier molecular flexibility index (Phi) is 5.61. The van der Waals surface area contributed by atoms with Gasteiger partial charge in [-0.15, -0.1) is 0 Å². The lowest BCUT2D eigenvalue weighted by atomic mass is 9.98. The van der Waals surface area contributed by atoms with Crippen LogP contribution in [0.1, 0.15) is 35.2 Å². The van der Waals surface area contributed by atoms with Gasteiger partial charge >= 0.3 is 0 Å². The summed E-state index contributed by atoms with van der Waals surface area (Å²) in [6, 6.07) is 17.4. The van der Waals surface area contributed by atoms with Crippen LogP contribution in [0.25, 0.3) is 22.3 Å². The standard InChI is InChI=1S/C26H24FNO3/c1-15-11-21(17(3)28-23-10-9-20(27)13-19(23)14-29)26-22(12-15)24(30)16(2)25(31-26)18-7-5-4-6-8-18/h4-13,17,28-29H,14H2,1-3H3/t17-/m1/s1. The number of hydrogen-bond acceptors (Lipinski definition) is 4. The molecule has 0 spiro atoms. The largest absolute Gasteiger partial charge is 0.455 e. The predicted octanol–water partition coefficient (Wildman–Crippen LogP) is 5.88. The van der Waals surface area contributed by atoms with Crippen LogP contribution in [-0.4, -0.2) is 5.11 Å². The topological polar surface area (TPSA) is 62.5 Å². The quantitative estimate of drug-likeness (QED) is 0.426. The second kappa shape index (κ2) is 8.36. The van der Waals surface area contributed by atoms with Gasteiger partial charge in [0.15, 0.2) is 5.43 Å². The fourth-order valence-electron chi connectivity index (χ4n) is 3.90. The van der Waals surface area contributed by atoms with E-state index in [-0.39, 0.29) is 18.1 Å². The summed E-state index contributed by atoms with van der Waals surface area (Å²) in [6.45, 7) is 5.38. The van der Waals surface area contributed by atoms with E-state index in [4.69, 9.17) is 4.42 Å². The van der Waals surface area contributed by atoms with Crippen LogP contribution in [0.5, 0.6) is 0 Å². The first-order chi connectivity index (χ1) is 14.9. The van der Waals surface area contributed by atoms with Gasteiger partial charge in [-0.2, -0.15) is 0 Å². The molecule has 4 aromatic rings. The van der Waals surface area contributed by atoms with Crippen molar-refractivity contribution in [3.63, 3.8) is 0 Å². The Morgan fingerprint density at radius 2 is 1.81 bits per heavy atom. The zero-order valence-electron chi connectivity index (χ0n) is 17.7. The summed E-state index contributed by atoms with van der Waals surface area (Å²) in [7, 11) is 0. The van der Waals surface area contributed by atoms with Gasteiger partial charge in [0.1, 0.15) is 17.2 Å². The third-order valence-corrected chi connectivity index (χ3v) is 5.50. The Labute approximate surface area is 180 Å². The number of nitrogens with one attached hydrogen (secondary N) is 1. The van der Waals surface area contributed by atoms with Gasteiger partial charge in [0.05, 0.1) is 18.0 Å². The molecule has 0 aliphatic carbocycles. The Morgan fingerprint density at radius 1 is 1.06 bits per heavy atom. The van der Waals surface area contributed by atoms with Crippen molar-refractivity contribution in [1.29, 1.82) is 0 Å². The molecule has 158 valence electrons. The summed E-state index contributed by atoms with van der Waals surface area (Å²) in [5.41, 5.74) is 4.72. The summed E-state index contributed by atoms with van der Waals surface area (Å²) in [5.74, 6) is 0.144. The first-order valence-corrected chi connectivity index (χ1v) is 10.2. The van der Waals surface area contributed by atoms with Crippen LogP contribution in [0, 0.1) is 19.7 Å². The molecule has 5 heteroatoms. The van der Waals surface area contributed by atoms with E-state index in [0.717, 1.165) is 16.7 Å². The Balaban J connectivity index is 1.88. The van der Waals surface area contributed by atoms with Crippen LogP contribution in [0.15, 0.2) is 69.9 Å². The second-order valence-corrected chi connectivity index (χ2v) is 7.81. The average Bonchev–Trinajstić information content (AvgIpc) is 2.77. The van der Waals surface area contributed by atoms with Crippen molar-refractivity contribution >= 4 is 16.7 Å². The van der Waals surface area contributed by atoms with Crippen LogP contribution >= 0.6 is 0 Å². The van der Waals surface area contributed by atoms with Crippen LogP contribution in [0.2, 0.25) is 0 Å². The summed E-state index contributed by atoms with van der Waals surface area (Å²) in [6.07, 6.45) is 0. The highest BCUT2D eigenvalue weighted by atomic mass is 19.1. The monoisotopic (exact) mass is 417 g/mol. The zero-order chi connectivity index (χ0) is 22.1. The van der Waals surface area contributed by atoms with Crippen molar-refractivity contribution in [3.8, 4) is 11.3 Å². The van der Waals surface area contributed by atoms with Crippen molar-refractivity contribution in [2.24, 2.45) is 0 Å². The fraction of sp³-hybridized carbons (Fsp3) is 0.192. The number of rotatable bonds is 5.